The van der Waals surface area contributed by atoms with Gasteiger partial charge in [-0.15, -0.1) is 16.4 Å². The van der Waals surface area contributed by atoms with Crippen molar-refractivity contribution >= 4 is 34.2 Å². The van der Waals surface area contributed by atoms with Crippen molar-refractivity contribution in [2.24, 2.45) is 0 Å². The van der Waals surface area contributed by atoms with Crippen molar-refractivity contribution in [2.45, 2.75) is 13.5 Å². The third-order valence-corrected chi connectivity index (χ3v) is 4.33. The van der Waals surface area contributed by atoms with Crippen molar-refractivity contribution in [2.75, 3.05) is 5.32 Å². The number of fused-ring (bicyclic) bond motifs is 1. The summed E-state index contributed by atoms with van der Waals surface area (Å²) in [6.07, 6.45) is 1.33. The summed E-state index contributed by atoms with van der Waals surface area (Å²) >= 11 is 1.46. The number of nitrogens with zero attached hydrogens (tertiary/aromatic N) is 5. The third-order valence-electron chi connectivity index (χ3n) is 3.55. The van der Waals surface area contributed by atoms with Gasteiger partial charge in [0.1, 0.15) is 12.2 Å². The van der Waals surface area contributed by atoms with Gasteiger partial charge >= 0.3 is 6.01 Å². The zero-order valence-electron chi connectivity index (χ0n) is 13.5. The molecule has 0 saturated carbocycles. The number of para-hydroxylation sites is 1. The van der Waals surface area contributed by atoms with E-state index in [9.17, 15) is 9.59 Å². The van der Waals surface area contributed by atoms with E-state index in [1.165, 1.54) is 22.2 Å². The van der Waals surface area contributed by atoms with Gasteiger partial charge in [-0.2, -0.15) is 0 Å². The molecule has 9 nitrogen and oxygen atoms in total. The average molecular weight is 368 g/mol. The molecule has 10 heteroatoms. The zero-order chi connectivity index (χ0) is 18.1. The van der Waals surface area contributed by atoms with Gasteiger partial charge in [-0.05, 0) is 19.1 Å². The molecule has 1 aromatic carbocycles. The highest BCUT2D eigenvalue weighted by Crippen LogP contribution is 2.21. The molecule has 3 heterocycles. The first kappa shape index (κ1) is 16.1. The van der Waals surface area contributed by atoms with Gasteiger partial charge in [-0.3, -0.25) is 19.5 Å². The molecule has 0 aliphatic rings. The predicted molar refractivity (Wildman–Crippen MR) is 94.8 cm³/mol. The highest BCUT2D eigenvalue weighted by Gasteiger charge is 2.14. The van der Waals surface area contributed by atoms with E-state index in [1.54, 1.807) is 29.6 Å². The van der Waals surface area contributed by atoms with E-state index in [0.29, 0.717) is 16.6 Å². The van der Waals surface area contributed by atoms with Crippen molar-refractivity contribution in [1.82, 2.24) is 24.7 Å². The Morgan fingerprint density at radius 3 is 2.96 bits per heavy atom. The van der Waals surface area contributed by atoms with Gasteiger partial charge in [-0.1, -0.05) is 17.2 Å². The van der Waals surface area contributed by atoms with Gasteiger partial charge in [0.05, 0.1) is 22.2 Å². The van der Waals surface area contributed by atoms with E-state index in [2.05, 4.69) is 25.5 Å². The van der Waals surface area contributed by atoms with E-state index in [-0.39, 0.29) is 24.0 Å². The van der Waals surface area contributed by atoms with Gasteiger partial charge in [0.15, 0.2) is 0 Å². The Hall–Kier alpha value is -3.40. The first-order chi connectivity index (χ1) is 12.6. The minimum atomic E-state index is -0.478. The molecule has 0 saturated heterocycles. The number of benzene rings is 1. The summed E-state index contributed by atoms with van der Waals surface area (Å²) in [6, 6.07) is 6.89. The van der Waals surface area contributed by atoms with Crippen LogP contribution in [0.25, 0.3) is 22.5 Å². The number of aryl methyl sites for hydroxylation is 1. The van der Waals surface area contributed by atoms with Crippen LogP contribution in [0.4, 0.5) is 6.01 Å². The van der Waals surface area contributed by atoms with Crippen molar-refractivity contribution in [3.63, 3.8) is 0 Å². The molecule has 26 heavy (non-hydrogen) atoms. The summed E-state index contributed by atoms with van der Waals surface area (Å²) in [5.41, 5.74) is 0.833. The number of carbonyl (C=O) groups is 1. The fourth-order valence-electron chi connectivity index (χ4n) is 2.37. The Bertz CT molecular complexity index is 1160. The first-order valence-corrected chi connectivity index (χ1v) is 8.48. The Morgan fingerprint density at radius 2 is 2.15 bits per heavy atom. The molecule has 0 unspecified atom stereocenters. The number of hydrogen-bond donors (Lipinski definition) is 1. The van der Waals surface area contributed by atoms with Crippen molar-refractivity contribution in [1.29, 1.82) is 0 Å². The topological polar surface area (TPSA) is 116 Å². The van der Waals surface area contributed by atoms with E-state index in [1.807, 2.05) is 6.92 Å². The summed E-state index contributed by atoms with van der Waals surface area (Å²) in [4.78, 5) is 33.0. The van der Waals surface area contributed by atoms with Crippen molar-refractivity contribution in [3.8, 4) is 11.6 Å². The SMILES string of the molecule is Cc1nc(-c2nnc(NC(=O)Cn3cnc4ccccc4c3=O)o2)cs1. The van der Waals surface area contributed by atoms with Crippen LogP contribution in [-0.4, -0.2) is 30.6 Å². The van der Waals surface area contributed by atoms with E-state index in [0.717, 1.165) is 5.01 Å². The number of amides is 1. The Labute approximate surface area is 150 Å². The molecule has 0 fully saturated rings. The third kappa shape index (κ3) is 3.09. The van der Waals surface area contributed by atoms with Crippen molar-refractivity contribution in [3.05, 3.63) is 51.3 Å². The van der Waals surface area contributed by atoms with E-state index in [4.69, 9.17) is 4.42 Å². The van der Waals surface area contributed by atoms with Crippen LogP contribution in [0.2, 0.25) is 0 Å². The number of anilines is 1. The first-order valence-electron chi connectivity index (χ1n) is 7.60. The van der Waals surface area contributed by atoms with Gasteiger partial charge in [0, 0.05) is 5.38 Å². The number of rotatable bonds is 4. The molecule has 1 N–H and O–H groups in total. The Balaban J connectivity index is 1.50. The van der Waals surface area contributed by atoms with Gasteiger partial charge < -0.3 is 4.42 Å². The van der Waals surface area contributed by atoms with Crippen LogP contribution in [0.15, 0.2) is 45.2 Å². The van der Waals surface area contributed by atoms with Crippen LogP contribution in [-0.2, 0) is 11.3 Å². The number of nitrogens with one attached hydrogen (secondary N) is 1. The van der Waals surface area contributed by atoms with Gasteiger partial charge in [0.25, 0.3) is 11.4 Å². The monoisotopic (exact) mass is 368 g/mol. The lowest BCUT2D eigenvalue weighted by molar-refractivity contribution is -0.116. The zero-order valence-corrected chi connectivity index (χ0v) is 14.4. The maximum absolute atomic E-state index is 12.4. The summed E-state index contributed by atoms with van der Waals surface area (Å²) < 4.78 is 6.60. The molecular formula is C16H12N6O3S. The Morgan fingerprint density at radius 1 is 1.31 bits per heavy atom. The van der Waals surface area contributed by atoms with Crippen LogP contribution in [0.5, 0.6) is 0 Å². The molecule has 4 rings (SSSR count). The van der Waals surface area contributed by atoms with E-state index < -0.39 is 5.91 Å². The second-order valence-electron chi connectivity index (χ2n) is 5.41. The predicted octanol–water partition coefficient (Wildman–Crippen LogP) is 1.85. The number of carbonyl (C=O) groups excluding carboxylic acids is 1. The van der Waals surface area contributed by atoms with Crippen LogP contribution < -0.4 is 10.9 Å². The fraction of sp³-hybridized carbons (Fsp3) is 0.125. The average Bonchev–Trinajstić information content (AvgIpc) is 3.26. The number of thiazole rings is 1. The van der Waals surface area contributed by atoms with Crippen LogP contribution in [0, 0.1) is 6.92 Å². The highest BCUT2D eigenvalue weighted by molar-refractivity contribution is 7.09. The van der Waals surface area contributed by atoms with Crippen LogP contribution in [0.1, 0.15) is 5.01 Å². The molecule has 0 aliphatic heterocycles. The minimum absolute atomic E-state index is 0.0579. The minimum Gasteiger partial charge on any atom is -0.401 e. The smallest absolute Gasteiger partial charge is 0.322 e. The van der Waals surface area contributed by atoms with Crippen LogP contribution >= 0.6 is 11.3 Å². The van der Waals surface area contributed by atoms with Gasteiger partial charge in [-0.25, -0.2) is 9.97 Å². The molecule has 0 aliphatic carbocycles. The second-order valence-corrected chi connectivity index (χ2v) is 6.47. The molecule has 0 bridgehead atoms. The molecular weight excluding hydrogens is 356 g/mol. The molecule has 130 valence electrons. The van der Waals surface area contributed by atoms with Crippen LogP contribution in [0.3, 0.4) is 0 Å². The highest BCUT2D eigenvalue weighted by atomic mass is 32.1. The number of aromatic nitrogens is 5. The Kier molecular flexibility index (Phi) is 4.01. The molecule has 1 amide bonds. The molecule has 0 spiro atoms. The summed E-state index contributed by atoms with van der Waals surface area (Å²) in [7, 11) is 0. The lowest BCUT2D eigenvalue weighted by atomic mass is 10.2. The summed E-state index contributed by atoms with van der Waals surface area (Å²) in [5.74, 6) is -0.261. The van der Waals surface area contributed by atoms with Gasteiger partial charge in [0.2, 0.25) is 5.91 Å². The molecule has 0 atom stereocenters. The number of hydrogen-bond acceptors (Lipinski definition) is 8. The quantitative estimate of drug-likeness (QED) is 0.584. The summed E-state index contributed by atoms with van der Waals surface area (Å²) in [6.45, 7) is 1.65. The maximum atomic E-state index is 12.4. The molecule has 0 radical (unpaired) electrons. The largest absolute Gasteiger partial charge is 0.401 e. The van der Waals surface area contributed by atoms with E-state index >= 15 is 0 Å². The van der Waals surface area contributed by atoms with Crippen molar-refractivity contribution < 1.29 is 9.21 Å². The lowest BCUT2D eigenvalue weighted by Crippen LogP contribution is -2.28. The standard InChI is InChI=1S/C16H12N6O3S/c1-9-18-12(7-26-9)14-20-21-16(25-14)19-13(23)6-22-8-17-11-5-3-2-4-10(11)15(22)24/h2-5,7-8H,6H2,1H3,(H,19,21,23). The summed E-state index contributed by atoms with van der Waals surface area (Å²) in [5, 5.41) is 13.2. The fourth-order valence-corrected chi connectivity index (χ4v) is 2.96. The lowest BCUT2D eigenvalue weighted by Gasteiger charge is -2.05. The molecule has 4 aromatic rings. The molecule has 3 aromatic heterocycles. The second kappa shape index (κ2) is 6.48. The maximum Gasteiger partial charge on any atom is 0.322 e. The normalized spacial score (nSPS) is 11.0.